The Labute approximate surface area is 147 Å². The third-order valence-corrected chi connectivity index (χ3v) is 3.96. The first-order valence-corrected chi connectivity index (χ1v) is 7.76. The van der Waals surface area contributed by atoms with Crippen LogP contribution >= 0.6 is 23.2 Å². The van der Waals surface area contributed by atoms with Crippen LogP contribution in [0.4, 0.5) is 21.8 Å². The summed E-state index contributed by atoms with van der Waals surface area (Å²) in [5.74, 6) is 0.527. The number of benzene rings is 2. The fraction of sp³-hybridized carbons (Fsp3) is 0.0625. The van der Waals surface area contributed by atoms with E-state index >= 15 is 0 Å². The minimum Gasteiger partial charge on any atom is -0.349 e. The van der Waals surface area contributed by atoms with Crippen LogP contribution in [0.25, 0.3) is 0 Å². The normalized spacial score (nSPS) is 10.5. The lowest BCUT2D eigenvalue weighted by atomic mass is 10.2. The van der Waals surface area contributed by atoms with Crippen molar-refractivity contribution in [3.05, 3.63) is 70.1 Å². The molecule has 0 spiro atoms. The minimum absolute atomic E-state index is 0.277. The number of hydrogen-bond donors (Lipinski definition) is 2. The topological polar surface area (TPSA) is 62.7 Å². The number of hydrogen-bond acceptors (Lipinski definition) is 5. The molecule has 0 amide bonds. The summed E-state index contributed by atoms with van der Waals surface area (Å²) in [5, 5.41) is 14.7. The van der Waals surface area contributed by atoms with Gasteiger partial charge in [-0.3, -0.25) is 0 Å². The average Bonchev–Trinajstić information content (AvgIpc) is 2.59. The Bertz CT molecular complexity index is 842. The number of nitrogens with zero attached hydrogens (tertiary/aromatic N) is 3. The Morgan fingerprint density at radius 2 is 1.83 bits per heavy atom. The van der Waals surface area contributed by atoms with Gasteiger partial charge >= 0.3 is 0 Å². The highest BCUT2D eigenvalue weighted by molar-refractivity contribution is 6.43. The van der Waals surface area contributed by atoms with Gasteiger partial charge in [-0.25, -0.2) is 4.39 Å². The van der Waals surface area contributed by atoms with Crippen molar-refractivity contribution in [1.82, 2.24) is 15.2 Å². The Morgan fingerprint density at radius 1 is 1.04 bits per heavy atom. The van der Waals surface area contributed by atoms with E-state index in [2.05, 4.69) is 25.8 Å². The lowest BCUT2D eigenvalue weighted by molar-refractivity contribution is 0.627. The Hall–Kier alpha value is -2.44. The molecule has 0 bridgehead atoms. The van der Waals surface area contributed by atoms with Crippen LogP contribution in [0.3, 0.4) is 0 Å². The maximum atomic E-state index is 12.9. The van der Waals surface area contributed by atoms with Crippen molar-refractivity contribution in [2.45, 2.75) is 6.54 Å². The predicted molar refractivity (Wildman–Crippen MR) is 93.3 cm³/mol. The largest absolute Gasteiger partial charge is 0.349 e. The Morgan fingerprint density at radius 3 is 2.62 bits per heavy atom. The van der Waals surface area contributed by atoms with Gasteiger partial charge in [0.25, 0.3) is 0 Å². The average molecular weight is 364 g/mol. The maximum Gasteiger partial charge on any atom is 0.244 e. The number of halogens is 3. The summed E-state index contributed by atoms with van der Waals surface area (Å²) in [6, 6.07) is 11.4. The first-order valence-electron chi connectivity index (χ1n) is 7.01. The van der Waals surface area contributed by atoms with Crippen molar-refractivity contribution in [1.29, 1.82) is 0 Å². The van der Waals surface area contributed by atoms with E-state index in [0.717, 1.165) is 5.56 Å². The van der Waals surface area contributed by atoms with Gasteiger partial charge in [0.1, 0.15) is 5.82 Å². The second-order valence-electron chi connectivity index (χ2n) is 4.87. The van der Waals surface area contributed by atoms with Crippen LogP contribution in [-0.2, 0) is 6.54 Å². The number of anilines is 3. The SMILES string of the molecule is Fc1ccc(CNc2nncc(Nc3cccc(Cl)c3Cl)n2)cc1. The summed E-state index contributed by atoms with van der Waals surface area (Å²) in [4.78, 5) is 4.30. The third-order valence-electron chi connectivity index (χ3n) is 3.14. The van der Waals surface area contributed by atoms with Gasteiger partial charge in [0.2, 0.25) is 5.95 Å². The molecule has 1 aromatic heterocycles. The quantitative estimate of drug-likeness (QED) is 0.689. The maximum absolute atomic E-state index is 12.9. The first-order chi connectivity index (χ1) is 11.6. The van der Waals surface area contributed by atoms with Crippen molar-refractivity contribution in [2.75, 3.05) is 10.6 Å². The summed E-state index contributed by atoms with van der Waals surface area (Å²) >= 11 is 12.1. The monoisotopic (exact) mass is 363 g/mol. The molecular formula is C16H12Cl2FN5. The zero-order valence-corrected chi connectivity index (χ0v) is 13.8. The molecule has 0 aliphatic rings. The van der Waals surface area contributed by atoms with Gasteiger partial charge in [0.15, 0.2) is 5.82 Å². The van der Waals surface area contributed by atoms with Crippen LogP contribution in [0.2, 0.25) is 10.0 Å². The molecule has 122 valence electrons. The van der Waals surface area contributed by atoms with E-state index in [1.807, 2.05) is 0 Å². The van der Waals surface area contributed by atoms with Crippen molar-refractivity contribution in [3.8, 4) is 0 Å². The summed E-state index contributed by atoms with van der Waals surface area (Å²) in [6.45, 7) is 0.448. The van der Waals surface area contributed by atoms with Crippen LogP contribution in [-0.4, -0.2) is 15.2 Å². The van der Waals surface area contributed by atoms with Crippen molar-refractivity contribution in [3.63, 3.8) is 0 Å². The van der Waals surface area contributed by atoms with Gasteiger partial charge < -0.3 is 10.6 Å². The minimum atomic E-state index is -0.277. The zero-order valence-electron chi connectivity index (χ0n) is 12.3. The third kappa shape index (κ3) is 4.10. The molecule has 0 unspecified atom stereocenters. The highest BCUT2D eigenvalue weighted by atomic mass is 35.5. The smallest absolute Gasteiger partial charge is 0.244 e. The van der Waals surface area contributed by atoms with E-state index in [9.17, 15) is 4.39 Å². The van der Waals surface area contributed by atoms with Gasteiger partial charge in [-0.1, -0.05) is 41.4 Å². The fourth-order valence-corrected chi connectivity index (χ4v) is 2.31. The Balaban J connectivity index is 1.69. The fourth-order valence-electron chi connectivity index (χ4n) is 1.96. The van der Waals surface area contributed by atoms with E-state index in [-0.39, 0.29) is 5.82 Å². The molecule has 3 rings (SSSR count). The molecule has 0 saturated heterocycles. The molecule has 24 heavy (non-hydrogen) atoms. The number of aromatic nitrogens is 3. The summed E-state index contributed by atoms with van der Waals surface area (Å²) in [6.07, 6.45) is 1.47. The number of nitrogens with one attached hydrogen (secondary N) is 2. The van der Waals surface area contributed by atoms with Gasteiger partial charge in [-0.2, -0.15) is 10.1 Å². The molecule has 0 aliphatic carbocycles. The van der Waals surface area contributed by atoms with Crippen LogP contribution in [0.5, 0.6) is 0 Å². The second kappa shape index (κ2) is 7.42. The molecule has 0 fully saturated rings. The standard InChI is InChI=1S/C16H12Cl2FN5/c17-12-2-1-3-13(15(12)18)22-14-9-21-24-16(23-14)20-8-10-4-6-11(19)7-5-10/h1-7,9H,8H2,(H2,20,22,23,24). The lowest BCUT2D eigenvalue weighted by Gasteiger charge is -2.09. The van der Waals surface area contributed by atoms with E-state index in [1.165, 1.54) is 18.3 Å². The molecule has 2 aromatic carbocycles. The number of rotatable bonds is 5. The van der Waals surface area contributed by atoms with Crippen LogP contribution < -0.4 is 10.6 Å². The predicted octanol–water partition coefficient (Wildman–Crippen LogP) is 4.67. The summed E-state index contributed by atoms with van der Waals surface area (Å²) in [7, 11) is 0. The molecule has 0 saturated carbocycles. The van der Waals surface area contributed by atoms with Crippen molar-refractivity contribution >= 4 is 40.7 Å². The Kier molecular flexibility index (Phi) is 5.08. The van der Waals surface area contributed by atoms with Crippen molar-refractivity contribution < 1.29 is 4.39 Å². The van der Waals surface area contributed by atoms with Gasteiger partial charge in [0.05, 0.1) is 21.9 Å². The van der Waals surface area contributed by atoms with Crippen LogP contribution in [0, 0.1) is 5.82 Å². The van der Waals surface area contributed by atoms with E-state index in [4.69, 9.17) is 23.2 Å². The van der Waals surface area contributed by atoms with Crippen LogP contribution in [0.15, 0.2) is 48.7 Å². The van der Waals surface area contributed by atoms with Crippen molar-refractivity contribution in [2.24, 2.45) is 0 Å². The van der Waals surface area contributed by atoms with Gasteiger partial charge in [0, 0.05) is 6.54 Å². The lowest BCUT2D eigenvalue weighted by Crippen LogP contribution is -2.06. The first kappa shape index (κ1) is 16.4. The van der Waals surface area contributed by atoms with Crippen LogP contribution in [0.1, 0.15) is 5.56 Å². The molecular weight excluding hydrogens is 352 g/mol. The molecule has 0 aliphatic heterocycles. The highest BCUT2D eigenvalue weighted by Crippen LogP contribution is 2.31. The molecule has 5 nitrogen and oxygen atoms in total. The molecule has 0 radical (unpaired) electrons. The van der Waals surface area contributed by atoms with E-state index in [0.29, 0.717) is 34.0 Å². The highest BCUT2D eigenvalue weighted by Gasteiger charge is 2.06. The molecule has 8 heteroatoms. The van der Waals surface area contributed by atoms with Gasteiger partial charge in [-0.15, -0.1) is 5.10 Å². The molecule has 3 aromatic rings. The summed E-state index contributed by atoms with van der Waals surface area (Å²) in [5.41, 5.74) is 1.52. The van der Waals surface area contributed by atoms with E-state index in [1.54, 1.807) is 30.3 Å². The van der Waals surface area contributed by atoms with Gasteiger partial charge in [-0.05, 0) is 29.8 Å². The zero-order chi connectivity index (χ0) is 16.9. The summed E-state index contributed by atoms with van der Waals surface area (Å²) < 4.78 is 12.9. The molecule has 2 N–H and O–H groups in total. The molecule has 0 atom stereocenters. The molecule has 1 heterocycles. The van der Waals surface area contributed by atoms with E-state index < -0.39 is 0 Å². The second-order valence-corrected chi connectivity index (χ2v) is 5.66.